The highest BCUT2D eigenvalue weighted by molar-refractivity contribution is 7.09. The van der Waals surface area contributed by atoms with Crippen molar-refractivity contribution in [3.05, 3.63) is 81.8 Å². The molecule has 2 heterocycles. The molecule has 0 radical (unpaired) electrons. The first kappa shape index (κ1) is 21.6. The molecule has 0 N–H and O–H groups in total. The Bertz CT molecular complexity index is 1040. The minimum absolute atomic E-state index is 0.0485. The lowest BCUT2D eigenvalue weighted by Crippen LogP contribution is -2.55. The molecule has 31 heavy (non-hydrogen) atoms. The van der Waals surface area contributed by atoms with Crippen LogP contribution in [0.5, 0.6) is 0 Å². The first-order valence-corrected chi connectivity index (χ1v) is 11.2. The Morgan fingerprint density at radius 3 is 2.29 bits per heavy atom. The molecule has 1 amide bonds. The summed E-state index contributed by atoms with van der Waals surface area (Å²) < 4.78 is 28.3. The van der Waals surface area contributed by atoms with E-state index in [2.05, 4.69) is 0 Å². The fraction of sp³-hybridized carbons (Fsp3) is 0.333. The first-order valence-electron chi connectivity index (χ1n) is 10.3. The van der Waals surface area contributed by atoms with Gasteiger partial charge in [0.1, 0.15) is 22.2 Å². The number of aromatic nitrogens is 1. The number of piperidine rings is 1. The van der Waals surface area contributed by atoms with Crippen molar-refractivity contribution in [2.75, 3.05) is 18.0 Å². The number of halogens is 2. The van der Waals surface area contributed by atoms with Crippen LogP contribution < -0.4 is 4.90 Å². The maximum Gasteiger partial charge on any atom is 0.224 e. The Kier molecular flexibility index (Phi) is 6.16. The van der Waals surface area contributed by atoms with E-state index in [1.54, 1.807) is 18.3 Å². The Morgan fingerprint density at radius 2 is 1.74 bits per heavy atom. The van der Waals surface area contributed by atoms with Crippen molar-refractivity contribution in [1.29, 1.82) is 0 Å². The predicted molar refractivity (Wildman–Crippen MR) is 119 cm³/mol. The van der Waals surface area contributed by atoms with Crippen molar-refractivity contribution in [3.8, 4) is 0 Å². The third-order valence-electron chi connectivity index (χ3n) is 5.90. The van der Waals surface area contributed by atoms with Gasteiger partial charge in [-0.3, -0.25) is 14.6 Å². The number of nitrogens with zero attached hydrogens (tertiary/aromatic N) is 3. The number of aryl methyl sites for hydroxylation is 1. The topological polar surface area (TPSA) is 36.4 Å². The van der Waals surface area contributed by atoms with Gasteiger partial charge in [-0.2, -0.15) is 0 Å². The van der Waals surface area contributed by atoms with Gasteiger partial charge in [0, 0.05) is 48.9 Å². The second kappa shape index (κ2) is 8.85. The molecule has 4 rings (SSSR count). The normalized spacial score (nSPS) is 16.3. The summed E-state index contributed by atoms with van der Waals surface area (Å²) in [6.07, 6.45) is 1.26. The average molecular weight is 442 g/mol. The number of para-hydroxylation sites is 1. The van der Waals surface area contributed by atoms with Gasteiger partial charge in [0.05, 0.1) is 0 Å². The van der Waals surface area contributed by atoms with E-state index in [-0.39, 0.29) is 18.0 Å². The Balaban J connectivity index is 1.66. The van der Waals surface area contributed by atoms with E-state index >= 15 is 0 Å². The van der Waals surface area contributed by atoms with Crippen molar-refractivity contribution in [2.24, 2.45) is 0 Å². The summed E-state index contributed by atoms with van der Waals surface area (Å²) in [6, 6.07) is 13.6. The predicted octanol–water partition coefficient (Wildman–Crippen LogP) is 5.27. The molecule has 3 aromatic rings. The second-order valence-electron chi connectivity index (χ2n) is 7.99. The van der Waals surface area contributed by atoms with E-state index in [0.29, 0.717) is 25.9 Å². The number of benzene rings is 2. The quantitative estimate of drug-likeness (QED) is 0.541. The third-order valence-corrected chi connectivity index (χ3v) is 7.05. The van der Waals surface area contributed by atoms with Gasteiger partial charge in [-0.15, -0.1) is 11.3 Å². The van der Waals surface area contributed by atoms with Crippen LogP contribution in [0.25, 0.3) is 0 Å². The number of amides is 1. The first-order chi connectivity index (χ1) is 14.9. The van der Waals surface area contributed by atoms with E-state index in [1.807, 2.05) is 52.4 Å². The largest absolute Gasteiger partial charge is 0.300 e. The zero-order valence-electron chi connectivity index (χ0n) is 17.6. The number of likely N-dealkylation sites (tertiary alicyclic amines) is 1. The van der Waals surface area contributed by atoms with Crippen molar-refractivity contribution in [3.63, 3.8) is 0 Å². The molecular weight excluding hydrogens is 416 g/mol. The van der Waals surface area contributed by atoms with E-state index in [1.165, 1.54) is 18.2 Å². The van der Waals surface area contributed by atoms with Gasteiger partial charge < -0.3 is 0 Å². The van der Waals surface area contributed by atoms with Crippen LogP contribution in [0, 0.1) is 18.6 Å². The highest BCUT2D eigenvalue weighted by Gasteiger charge is 2.46. The standard InChI is InChI=1S/C24H25F2N3OS/c1-17-16-31-23(27-17)24(29(18(2)30)19-7-4-3-5-8-19)11-13-28(14-12-24)15-20-21(25)9-6-10-22(20)26/h3-10,16H,11-15H2,1-2H3. The summed E-state index contributed by atoms with van der Waals surface area (Å²) in [5.74, 6) is -1.10. The monoisotopic (exact) mass is 441 g/mol. The van der Waals surface area contributed by atoms with E-state index in [0.717, 1.165) is 16.4 Å². The van der Waals surface area contributed by atoms with Gasteiger partial charge in [0.2, 0.25) is 5.91 Å². The molecule has 0 bridgehead atoms. The Labute approximate surface area is 185 Å². The van der Waals surface area contributed by atoms with Gasteiger partial charge in [0.25, 0.3) is 0 Å². The molecule has 1 aliphatic heterocycles. The van der Waals surface area contributed by atoms with Crippen LogP contribution in [-0.2, 0) is 16.9 Å². The van der Waals surface area contributed by atoms with Gasteiger partial charge in [-0.05, 0) is 44.0 Å². The molecule has 1 aromatic heterocycles. The number of carbonyl (C=O) groups excluding carboxylic acids is 1. The lowest BCUT2D eigenvalue weighted by Gasteiger charge is -2.47. The minimum atomic E-state index is -0.587. The Hall–Kier alpha value is -2.64. The molecular formula is C24H25F2N3OS. The van der Waals surface area contributed by atoms with Crippen LogP contribution in [0.3, 0.4) is 0 Å². The Morgan fingerprint density at radius 1 is 1.10 bits per heavy atom. The fourth-order valence-electron chi connectivity index (χ4n) is 4.40. The zero-order valence-corrected chi connectivity index (χ0v) is 18.5. The maximum absolute atomic E-state index is 14.2. The van der Waals surface area contributed by atoms with Gasteiger partial charge >= 0.3 is 0 Å². The third kappa shape index (κ3) is 4.25. The SMILES string of the molecule is CC(=O)N(c1ccccc1)C1(c2nc(C)cs2)CCN(Cc2c(F)cccc2F)CC1. The van der Waals surface area contributed by atoms with Crippen LogP contribution in [0.15, 0.2) is 53.9 Å². The van der Waals surface area contributed by atoms with Crippen molar-refractivity contribution >= 4 is 22.9 Å². The molecule has 1 saturated heterocycles. The summed E-state index contributed by atoms with van der Waals surface area (Å²) in [4.78, 5) is 21.5. The number of hydrogen-bond acceptors (Lipinski definition) is 4. The van der Waals surface area contributed by atoms with Crippen molar-refractivity contribution < 1.29 is 13.6 Å². The summed E-state index contributed by atoms with van der Waals surface area (Å²) in [5.41, 5.74) is 1.26. The van der Waals surface area contributed by atoms with E-state index < -0.39 is 17.2 Å². The van der Waals surface area contributed by atoms with Crippen LogP contribution in [0.4, 0.5) is 14.5 Å². The number of anilines is 1. The summed E-state index contributed by atoms with van der Waals surface area (Å²) >= 11 is 1.56. The van der Waals surface area contributed by atoms with Crippen LogP contribution >= 0.6 is 11.3 Å². The summed E-state index contributed by atoms with van der Waals surface area (Å²) in [5, 5.41) is 2.90. The van der Waals surface area contributed by atoms with Gasteiger partial charge in [-0.1, -0.05) is 24.3 Å². The number of carbonyl (C=O) groups is 1. The molecule has 0 saturated carbocycles. The molecule has 0 spiro atoms. The van der Waals surface area contributed by atoms with E-state index in [9.17, 15) is 13.6 Å². The molecule has 162 valence electrons. The lowest BCUT2D eigenvalue weighted by molar-refractivity contribution is -0.118. The summed E-state index contributed by atoms with van der Waals surface area (Å²) in [6.45, 7) is 4.93. The highest BCUT2D eigenvalue weighted by Crippen LogP contribution is 2.43. The van der Waals surface area contributed by atoms with Crippen LogP contribution in [0.1, 0.15) is 36.0 Å². The molecule has 1 fully saturated rings. The molecule has 2 aromatic carbocycles. The van der Waals surface area contributed by atoms with Gasteiger partial charge in [-0.25, -0.2) is 13.8 Å². The lowest BCUT2D eigenvalue weighted by atomic mass is 9.85. The summed E-state index contributed by atoms with van der Waals surface area (Å²) in [7, 11) is 0. The number of thiazole rings is 1. The van der Waals surface area contributed by atoms with Crippen molar-refractivity contribution in [1.82, 2.24) is 9.88 Å². The number of rotatable bonds is 5. The smallest absolute Gasteiger partial charge is 0.224 e. The molecule has 0 aliphatic carbocycles. The fourth-order valence-corrected chi connectivity index (χ4v) is 5.44. The van der Waals surface area contributed by atoms with Crippen LogP contribution in [-0.4, -0.2) is 28.9 Å². The molecule has 0 atom stereocenters. The number of hydrogen-bond donors (Lipinski definition) is 0. The molecule has 0 unspecified atom stereocenters. The molecule has 1 aliphatic rings. The van der Waals surface area contributed by atoms with Crippen molar-refractivity contribution in [2.45, 2.75) is 38.8 Å². The molecule has 7 heteroatoms. The van der Waals surface area contributed by atoms with E-state index in [4.69, 9.17) is 4.98 Å². The minimum Gasteiger partial charge on any atom is -0.300 e. The highest BCUT2D eigenvalue weighted by atomic mass is 32.1. The average Bonchev–Trinajstić information content (AvgIpc) is 3.19. The zero-order chi connectivity index (χ0) is 22.0. The van der Waals surface area contributed by atoms with Gasteiger partial charge in [0.15, 0.2) is 0 Å². The molecule has 4 nitrogen and oxygen atoms in total. The second-order valence-corrected chi connectivity index (χ2v) is 8.85. The maximum atomic E-state index is 14.2. The van der Waals surface area contributed by atoms with Crippen LogP contribution in [0.2, 0.25) is 0 Å².